The molecule has 1 atom stereocenters. The van der Waals surface area contributed by atoms with E-state index in [4.69, 9.17) is 0 Å². The number of rotatable bonds is 3. The Bertz CT molecular complexity index is 660. The van der Waals surface area contributed by atoms with Crippen LogP contribution in [0.1, 0.15) is 31.5 Å². The molecule has 0 radical (unpaired) electrons. The molecule has 4 heteroatoms. The maximum Gasteiger partial charge on any atom is 0.223 e. The lowest BCUT2D eigenvalue weighted by atomic mass is 9.96. The summed E-state index contributed by atoms with van der Waals surface area (Å²) in [4.78, 5) is 17.7. The molecule has 0 fully saturated rings. The number of aromatic amines is 1. The normalized spacial score (nSPS) is 18.3. The maximum atomic E-state index is 12.4. The summed E-state index contributed by atoms with van der Waals surface area (Å²) < 4.78 is 0. The largest absolute Gasteiger partial charge is 0.394 e. The van der Waals surface area contributed by atoms with Gasteiger partial charge in [0, 0.05) is 23.0 Å². The number of carbonyl (C=O) groups is 1. The monoisotopic (exact) mass is 286 g/mol. The molecule has 21 heavy (non-hydrogen) atoms. The molecule has 112 valence electrons. The summed E-state index contributed by atoms with van der Waals surface area (Å²) in [5.74, 6) is 0.467. The van der Waals surface area contributed by atoms with Crippen LogP contribution in [0.2, 0.25) is 0 Å². The van der Waals surface area contributed by atoms with Crippen molar-refractivity contribution in [3.63, 3.8) is 0 Å². The summed E-state index contributed by atoms with van der Waals surface area (Å²) in [6, 6.07) is 8.09. The number of hydrogen-bond donors (Lipinski definition) is 2. The Hall–Kier alpha value is -1.81. The molecule has 0 bridgehead atoms. The van der Waals surface area contributed by atoms with Crippen LogP contribution in [0.3, 0.4) is 0 Å². The zero-order chi connectivity index (χ0) is 15.0. The second-order valence-electron chi connectivity index (χ2n) is 6.29. The highest BCUT2D eigenvalue weighted by atomic mass is 16.3. The third kappa shape index (κ3) is 2.56. The third-order valence-corrected chi connectivity index (χ3v) is 4.22. The van der Waals surface area contributed by atoms with Crippen LogP contribution in [-0.4, -0.2) is 33.5 Å². The number of aromatic nitrogens is 1. The number of para-hydroxylation sites is 1. The summed E-state index contributed by atoms with van der Waals surface area (Å²) in [6.45, 7) is 4.68. The quantitative estimate of drug-likeness (QED) is 0.910. The lowest BCUT2D eigenvalue weighted by Gasteiger charge is -2.35. The molecule has 4 nitrogen and oxygen atoms in total. The van der Waals surface area contributed by atoms with Gasteiger partial charge in [-0.05, 0) is 24.0 Å². The summed E-state index contributed by atoms with van der Waals surface area (Å²) in [5, 5.41) is 10.9. The zero-order valence-corrected chi connectivity index (χ0v) is 12.6. The van der Waals surface area contributed by atoms with Crippen molar-refractivity contribution >= 4 is 16.8 Å². The Labute approximate surface area is 124 Å². The van der Waals surface area contributed by atoms with E-state index in [0.717, 1.165) is 17.6 Å². The molecule has 1 unspecified atom stereocenters. The van der Waals surface area contributed by atoms with Gasteiger partial charge < -0.3 is 15.0 Å². The molecule has 0 saturated heterocycles. The molecule has 0 spiro atoms. The number of H-pyrrole nitrogens is 1. The Balaban J connectivity index is 1.94. The fraction of sp³-hybridized carbons (Fsp3) is 0.471. The molecule has 0 saturated carbocycles. The minimum absolute atomic E-state index is 0.0166. The van der Waals surface area contributed by atoms with Gasteiger partial charge in [0.1, 0.15) is 0 Å². The molecule has 1 aliphatic heterocycles. The zero-order valence-electron chi connectivity index (χ0n) is 12.6. The second-order valence-corrected chi connectivity index (χ2v) is 6.29. The van der Waals surface area contributed by atoms with Gasteiger partial charge in [-0.3, -0.25) is 4.79 Å². The van der Waals surface area contributed by atoms with Gasteiger partial charge in [-0.15, -0.1) is 0 Å². The predicted octanol–water partition coefficient (Wildman–Crippen LogP) is 2.46. The van der Waals surface area contributed by atoms with Gasteiger partial charge in [-0.1, -0.05) is 32.0 Å². The van der Waals surface area contributed by atoms with Gasteiger partial charge in [0.15, 0.2) is 0 Å². The summed E-state index contributed by atoms with van der Waals surface area (Å²) in [5.41, 5.74) is 3.47. The Morgan fingerprint density at radius 2 is 2.19 bits per heavy atom. The van der Waals surface area contributed by atoms with Crippen LogP contribution in [-0.2, 0) is 17.8 Å². The Morgan fingerprint density at radius 1 is 1.43 bits per heavy atom. The van der Waals surface area contributed by atoms with E-state index in [1.807, 2.05) is 30.9 Å². The topological polar surface area (TPSA) is 56.3 Å². The summed E-state index contributed by atoms with van der Waals surface area (Å²) >= 11 is 0. The van der Waals surface area contributed by atoms with E-state index in [0.29, 0.717) is 18.9 Å². The molecule has 1 aromatic carbocycles. The summed E-state index contributed by atoms with van der Waals surface area (Å²) in [7, 11) is 0. The summed E-state index contributed by atoms with van der Waals surface area (Å²) in [6.07, 6.45) is 1.26. The molecular formula is C17H22N2O2. The van der Waals surface area contributed by atoms with Crippen molar-refractivity contribution in [3.05, 3.63) is 35.5 Å². The first-order chi connectivity index (χ1) is 10.1. The van der Waals surface area contributed by atoms with Crippen molar-refractivity contribution < 1.29 is 9.90 Å². The van der Waals surface area contributed by atoms with Crippen LogP contribution in [0.5, 0.6) is 0 Å². The van der Waals surface area contributed by atoms with E-state index in [9.17, 15) is 9.90 Å². The number of amides is 1. The van der Waals surface area contributed by atoms with E-state index in [1.54, 1.807) is 0 Å². The average molecular weight is 286 g/mol. The van der Waals surface area contributed by atoms with Gasteiger partial charge >= 0.3 is 0 Å². The van der Waals surface area contributed by atoms with Crippen molar-refractivity contribution in [1.82, 2.24) is 9.88 Å². The lowest BCUT2D eigenvalue weighted by Crippen LogP contribution is -2.46. The van der Waals surface area contributed by atoms with Crippen molar-refractivity contribution in [2.45, 2.75) is 39.3 Å². The highest BCUT2D eigenvalue weighted by Crippen LogP contribution is 2.30. The maximum absolute atomic E-state index is 12.4. The molecule has 2 heterocycles. The van der Waals surface area contributed by atoms with Gasteiger partial charge in [0.05, 0.1) is 19.2 Å². The minimum Gasteiger partial charge on any atom is -0.394 e. The fourth-order valence-corrected chi connectivity index (χ4v) is 3.19. The van der Waals surface area contributed by atoms with Crippen molar-refractivity contribution in [3.8, 4) is 0 Å². The highest BCUT2D eigenvalue weighted by Gasteiger charge is 2.31. The first-order valence-corrected chi connectivity index (χ1v) is 7.59. The fourth-order valence-electron chi connectivity index (χ4n) is 3.19. The number of fused-ring (bicyclic) bond motifs is 3. The van der Waals surface area contributed by atoms with Crippen molar-refractivity contribution in [1.29, 1.82) is 0 Å². The van der Waals surface area contributed by atoms with Crippen molar-refractivity contribution in [2.24, 2.45) is 5.92 Å². The highest BCUT2D eigenvalue weighted by molar-refractivity contribution is 5.86. The first kappa shape index (κ1) is 14.1. The van der Waals surface area contributed by atoms with Gasteiger partial charge in [-0.25, -0.2) is 0 Å². The number of hydrogen-bond acceptors (Lipinski definition) is 2. The van der Waals surface area contributed by atoms with Gasteiger partial charge in [0.2, 0.25) is 5.91 Å². The second kappa shape index (κ2) is 5.53. The molecule has 1 amide bonds. The number of carbonyl (C=O) groups excluding carboxylic acids is 1. The van der Waals surface area contributed by atoms with E-state index in [-0.39, 0.29) is 18.6 Å². The van der Waals surface area contributed by atoms with Gasteiger partial charge in [0.25, 0.3) is 0 Å². The third-order valence-electron chi connectivity index (χ3n) is 4.22. The molecule has 3 rings (SSSR count). The van der Waals surface area contributed by atoms with Crippen LogP contribution in [0.15, 0.2) is 24.3 Å². The first-order valence-electron chi connectivity index (χ1n) is 7.59. The van der Waals surface area contributed by atoms with Crippen LogP contribution < -0.4 is 0 Å². The molecule has 1 aromatic heterocycles. The Morgan fingerprint density at radius 3 is 2.90 bits per heavy atom. The minimum atomic E-state index is -0.108. The molecular weight excluding hydrogens is 264 g/mol. The molecule has 2 N–H and O–H groups in total. The number of aliphatic hydroxyl groups is 1. The van der Waals surface area contributed by atoms with E-state index >= 15 is 0 Å². The van der Waals surface area contributed by atoms with Gasteiger partial charge in [-0.2, -0.15) is 0 Å². The number of nitrogens with one attached hydrogen (secondary N) is 1. The van der Waals surface area contributed by atoms with Crippen LogP contribution in [0.4, 0.5) is 0 Å². The predicted molar refractivity (Wildman–Crippen MR) is 82.9 cm³/mol. The lowest BCUT2D eigenvalue weighted by molar-refractivity contribution is -0.136. The standard InChI is InChI=1S/C17H22N2O2/c1-11(2)7-17(21)19-9-16-14(8-12(19)10-20)13-5-3-4-6-15(13)18-16/h3-6,11-12,18,20H,7-10H2,1-2H3. The number of nitrogens with zero attached hydrogens (tertiary/aromatic N) is 1. The smallest absolute Gasteiger partial charge is 0.223 e. The molecule has 0 aliphatic carbocycles. The van der Waals surface area contributed by atoms with E-state index < -0.39 is 0 Å². The number of aliphatic hydroxyl groups excluding tert-OH is 1. The molecule has 1 aliphatic rings. The van der Waals surface area contributed by atoms with Crippen LogP contribution in [0, 0.1) is 5.92 Å². The van der Waals surface area contributed by atoms with Crippen LogP contribution >= 0.6 is 0 Å². The number of benzene rings is 1. The SMILES string of the molecule is CC(C)CC(=O)N1Cc2[nH]c3ccccc3c2CC1CO. The average Bonchev–Trinajstić information content (AvgIpc) is 2.82. The van der Waals surface area contributed by atoms with E-state index in [2.05, 4.69) is 17.1 Å². The van der Waals surface area contributed by atoms with Crippen LogP contribution in [0.25, 0.3) is 10.9 Å². The van der Waals surface area contributed by atoms with Crippen molar-refractivity contribution in [2.75, 3.05) is 6.61 Å². The molecule has 2 aromatic rings. The van der Waals surface area contributed by atoms with E-state index in [1.165, 1.54) is 10.9 Å². The Kier molecular flexibility index (Phi) is 3.72.